The molecule has 0 amide bonds. The van der Waals surface area contributed by atoms with Crippen molar-refractivity contribution in [2.75, 3.05) is 13.3 Å². The van der Waals surface area contributed by atoms with Gasteiger partial charge in [-0.2, -0.15) is 0 Å². The molecular formula is C18H19NO5. The van der Waals surface area contributed by atoms with Crippen LogP contribution in [0.15, 0.2) is 24.3 Å². The van der Waals surface area contributed by atoms with Crippen molar-refractivity contribution in [2.24, 2.45) is 0 Å². The first-order chi connectivity index (χ1) is 11.6. The van der Waals surface area contributed by atoms with Gasteiger partial charge < -0.3 is 19.3 Å². The number of aliphatic hydroxyl groups excluding tert-OH is 1. The van der Waals surface area contributed by atoms with Crippen molar-refractivity contribution < 1.29 is 24.1 Å². The van der Waals surface area contributed by atoms with E-state index >= 15 is 0 Å². The molecule has 1 aromatic rings. The molecule has 1 aliphatic carbocycles. The molecule has 126 valence electrons. The minimum absolute atomic E-state index is 0.120. The van der Waals surface area contributed by atoms with E-state index in [9.17, 15) is 9.90 Å². The molecule has 4 aliphatic rings. The minimum atomic E-state index is -0.487. The maximum absolute atomic E-state index is 11.3. The van der Waals surface area contributed by atoms with Gasteiger partial charge in [0.1, 0.15) is 6.10 Å². The van der Waals surface area contributed by atoms with E-state index in [0.717, 1.165) is 23.6 Å². The Kier molecular flexibility index (Phi) is 2.82. The third kappa shape index (κ3) is 1.75. The Balaban J connectivity index is 1.63. The summed E-state index contributed by atoms with van der Waals surface area (Å²) in [5.41, 5.74) is 1.81. The molecule has 1 fully saturated rings. The summed E-state index contributed by atoms with van der Waals surface area (Å²) in [5, 5.41) is 10.9. The minimum Gasteiger partial charge on any atom is -0.458 e. The van der Waals surface area contributed by atoms with Gasteiger partial charge >= 0.3 is 5.97 Å². The fourth-order valence-corrected chi connectivity index (χ4v) is 4.82. The van der Waals surface area contributed by atoms with Crippen LogP contribution < -0.4 is 9.47 Å². The van der Waals surface area contributed by atoms with Gasteiger partial charge in [0.25, 0.3) is 0 Å². The number of carbonyl (C=O) groups excluding carboxylic acids is 1. The molecule has 3 aliphatic heterocycles. The summed E-state index contributed by atoms with van der Waals surface area (Å²) in [6.07, 6.45) is 3.94. The maximum atomic E-state index is 11.3. The van der Waals surface area contributed by atoms with Gasteiger partial charge in [0, 0.05) is 32.5 Å². The van der Waals surface area contributed by atoms with Crippen molar-refractivity contribution in [1.82, 2.24) is 4.90 Å². The van der Waals surface area contributed by atoms with Crippen molar-refractivity contribution >= 4 is 5.97 Å². The number of carbonyl (C=O) groups is 1. The summed E-state index contributed by atoms with van der Waals surface area (Å²) in [6, 6.07) is 4.18. The van der Waals surface area contributed by atoms with Crippen molar-refractivity contribution in [3.63, 3.8) is 0 Å². The molecule has 1 N–H and O–H groups in total. The second-order valence-corrected chi connectivity index (χ2v) is 7.00. The van der Waals surface area contributed by atoms with Crippen LogP contribution >= 0.6 is 0 Å². The monoisotopic (exact) mass is 329 g/mol. The summed E-state index contributed by atoms with van der Waals surface area (Å²) >= 11 is 0. The van der Waals surface area contributed by atoms with Crippen molar-refractivity contribution in [3.05, 3.63) is 35.4 Å². The Bertz CT molecular complexity index is 760. The number of aliphatic hydroxyl groups is 1. The maximum Gasteiger partial charge on any atom is 0.303 e. The normalized spacial score (nSPS) is 37.8. The van der Waals surface area contributed by atoms with Crippen molar-refractivity contribution in [2.45, 2.75) is 43.6 Å². The average Bonchev–Trinajstić information content (AvgIpc) is 3.06. The SMILES string of the molecule is CC(=O)O[C@@H]1C=C[C@@]23c4cc5c(cc4CN(C[C@H]2O)[C@H]3C1)OCO5. The zero-order valence-corrected chi connectivity index (χ0v) is 13.4. The van der Waals surface area contributed by atoms with E-state index in [1.165, 1.54) is 12.5 Å². The first kappa shape index (κ1) is 14.3. The van der Waals surface area contributed by atoms with Gasteiger partial charge in [0.2, 0.25) is 6.79 Å². The van der Waals surface area contributed by atoms with Gasteiger partial charge in [-0.1, -0.05) is 6.08 Å². The molecule has 24 heavy (non-hydrogen) atoms. The van der Waals surface area contributed by atoms with Crippen LogP contribution in [0.5, 0.6) is 11.5 Å². The second kappa shape index (κ2) is 4.74. The molecule has 6 heteroatoms. The number of fused-ring (bicyclic) bond motifs is 2. The standard InChI is InChI=1S/C18H19NO5/c1-10(20)24-12-2-3-18-13-6-15-14(22-9-23-15)4-11(13)7-19(8-17(18)21)16(18)5-12/h2-4,6,12,16-17,21H,5,7-9H2,1H3/t12-,16+,17-,18+/m1/s1. The molecule has 0 aromatic heterocycles. The van der Waals surface area contributed by atoms with E-state index in [0.29, 0.717) is 13.0 Å². The smallest absolute Gasteiger partial charge is 0.303 e. The fraction of sp³-hybridized carbons (Fsp3) is 0.500. The molecule has 6 nitrogen and oxygen atoms in total. The van der Waals surface area contributed by atoms with Crippen molar-refractivity contribution in [1.29, 1.82) is 0 Å². The molecule has 2 bridgehead atoms. The first-order valence-corrected chi connectivity index (χ1v) is 8.29. The Morgan fingerprint density at radius 1 is 1.38 bits per heavy atom. The third-order valence-electron chi connectivity index (χ3n) is 5.75. The van der Waals surface area contributed by atoms with Crippen LogP contribution in [-0.2, 0) is 21.5 Å². The van der Waals surface area contributed by atoms with Gasteiger partial charge in [0.15, 0.2) is 11.5 Å². The number of esters is 1. The molecular weight excluding hydrogens is 310 g/mol. The Morgan fingerprint density at radius 2 is 2.17 bits per heavy atom. The summed E-state index contributed by atoms with van der Waals surface area (Å²) in [6.45, 7) is 3.04. The highest BCUT2D eigenvalue weighted by Crippen LogP contribution is 2.53. The second-order valence-electron chi connectivity index (χ2n) is 7.00. The van der Waals surface area contributed by atoms with Crippen LogP contribution in [0.25, 0.3) is 0 Å². The highest BCUT2D eigenvalue weighted by molar-refractivity contribution is 5.66. The average molecular weight is 329 g/mol. The molecule has 0 spiro atoms. The molecule has 3 heterocycles. The topological polar surface area (TPSA) is 68.2 Å². The molecule has 1 unspecified atom stereocenters. The highest BCUT2D eigenvalue weighted by Gasteiger charge is 2.58. The first-order valence-electron chi connectivity index (χ1n) is 8.29. The van der Waals surface area contributed by atoms with Crippen LogP contribution in [0.2, 0.25) is 0 Å². The van der Waals surface area contributed by atoms with Gasteiger partial charge in [0.05, 0.1) is 11.5 Å². The van der Waals surface area contributed by atoms with Gasteiger partial charge in [-0.25, -0.2) is 0 Å². The van der Waals surface area contributed by atoms with Crippen LogP contribution in [0.4, 0.5) is 0 Å². The number of ether oxygens (including phenoxy) is 3. The van der Waals surface area contributed by atoms with Gasteiger partial charge in [-0.3, -0.25) is 9.69 Å². The lowest BCUT2D eigenvalue weighted by Crippen LogP contribution is -2.52. The summed E-state index contributed by atoms with van der Waals surface area (Å²) in [4.78, 5) is 13.6. The van der Waals surface area contributed by atoms with Gasteiger partial charge in [-0.15, -0.1) is 0 Å². The molecule has 0 saturated carbocycles. The molecule has 0 radical (unpaired) electrons. The number of benzene rings is 1. The predicted octanol–water partition coefficient (Wildman–Crippen LogP) is 1.10. The molecule has 1 aromatic carbocycles. The Morgan fingerprint density at radius 3 is 2.96 bits per heavy atom. The zero-order valence-electron chi connectivity index (χ0n) is 13.4. The van der Waals surface area contributed by atoms with Crippen molar-refractivity contribution in [3.8, 4) is 11.5 Å². The van der Waals surface area contributed by atoms with Crippen LogP contribution in [0.3, 0.4) is 0 Å². The Hall–Kier alpha value is -2.05. The largest absolute Gasteiger partial charge is 0.458 e. The van der Waals surface area contributed by atoms with Crippen LogP contribution in [0, 0.1) is 0 Å². The lowest BCUT2D eigenvalue weighted by Gasteiger charge is -2.46. The Labute approximate surface area is 139 Å². The highest BCUT2D eigenvalue weighted by atomic mass is 16.7. The quantitative estimate of drug-likeness (QED) is 0.615. The fourth-order valence-electron chi connectivity index (χ4n) is 4.82. The molecule has 5 rings (SSSR count). The predicted molar refractivity (Wildman–Crippen MR) is 83.8 cm³/mol. The van der Waals surface area contributed by atoms with E-state index in [1.54, 1.807) is 0 Å². The van der Waals surface area contributed by atoms with Gasteiger partial charge in [-0.05, 0) is 29.3 Å². The van der Waals surface area contributed by atoms with E-state index in [-0.39, 0.29) is 24.9 Å². The lowest BCUT2D eigenvalue weighted by atomic mass is 9.65. The lowest BCUT2D eigenvalue weighted by molar-refractivity contribution is -0.145. The van der Waals surface area contributed by atoms with Crippen LogP contribution in [0.1, 0.15) is 24.5 Å². The molecule has 5 atom stereocenters. The summed E-state index contributed by atoms with van der Waals surface area (Å²) in [5.74, 6) is 1.24. The summed E-state index contributed by atoms with van der Waals surface area (Å²) < 4.78 is 16.4. The van der Waals surface area contributed by atoms with E-state index < -0.39 is 11.5 Å². The number of nitrogens with zero attached hydrogens (tertiary/aromatic N) is 1. The van der Waals surface area contributed by atoms with Crippen LogP contribution in [-0.4, -0.2) is 47.6 Å². The molecule has 1 saturated heterocycles. The summed E-state index contributed by atoms with van der Waals surface area (Å²) in [7, 11) is 0. The zero-order chi connectivity index (χ0) is 16.5. The number of rotatable bonds is 1. The van der Waals surface area contributed by atoms with E-state index in [4.69, 9.17) is 14.2 Å². The number of hydrogen-bond acceptors (Lipinski definition) is 6. The third-order valence-corrected chi connectivity index (χ3v) is 5.75. The van der Waals surface area contributed by atoms with E-state index in [2.05, 4.69) is 4.90 Å². The van der Waals surface area contributed by atoms with E-state index in [1.807, 2.05) is 24.3 Å². The number of hydrogen-bond donors (Lipinski definition) is 1.